The van der Waals surface area contributed by atoms with Crippen LogP contribution in [0, 0.1) is 6.92 Å². The first-order valence-corrected chi connectivity index (χ1v) is 5.40. The second-order valence-electron chi connectivity index (χ2n) is 2.71. The highest BCUT2D eigenvalue weighted by Crippen LogP contribution is 2.25. The van der Waals surface area contributed by atoms with Crippen LogP contribution in [0.1, 0.15) is 5.56 Å². The van der Waals surface area contributed by atoms with Gasteiger partial charge >= 0.3 is 0 Å². The molecule has 0 aliphatic carbocycles. The van der Waals surface area contributed by atoms with Crippen LogP contribution in [-0.4, -0.2) is 5.75 Å². The van der Waals surface area contributed by atoms with Crippen molar-refractivity contribution < 1.29 is 0 Å². The molecule has 1 rings (SSSR count). The topological polar surface area (TPSA) is 26.0 Å². The number of nitrogen functional groups attached to an aromatic ring is 1. The van der Waals surface area contributed by atoms with Gasteiger partial charge in [-0.25, -0.2) is 0 Å². The zero-order valence-electron chi connectivity index (χ0n) is 7.46. The fraction of sp³-hybridized carbons (Fsp3) is 0.200. The molecule has 1 nitrogen and oxygen atoms in total. The van der Waals surface area contributed by atoms with E-state index in [0.717, 1.165) is 16.3 Å². The summed E-state index contributed by atoms with van der Waals surface area (Å²) in [5, 5.41) is 0. The van der Waals surface area contributed by atoms with E-state index in [-0.39, 0.29) is 0 Å². The van der Waals surface area contributed by atoms with Crippen molar-refractivity contribution in [3.05, 3.63) is 35.4 Å². The van der Waals surface area contributed by atoms with Crippen LogP contribution in [0.15, 0.2) is 34.7 Å². The molecule has 0 saturated heterocycles. The van der Waals surface area contributed by atoms with E-state index in [2.05, 4.69) is 13.0 Å². The highest BCUT2D eigenvalue weighted by atomic mass is 35.5. The second-order valence-corrected chi connectivity index (χ2v) is 4.03. The minimum absolute atomic E-state index is 0.832. The number of thioether (sulfide) groups is 1. The van der Waals surface area contributed by atoms with E-state index in [0.29, 0.717) is 0 Å². The Morgan fingerprint density at radius 3 is 3.00 bits per heavy atom. The number of aryl methyl sites for hydroxylation is 1. The molecule has 1 aromatic carbocycles. The largest absolute Gasteiger partial charge is 0.398 e. The Bertz CT molecular complexity index is 310. The average molecular weight is 214 g/mol. The van der Waals surface area contributed by atoms with Crippen LogP contribution in [0.3, 0.4) is 0 Å². The molecule has 0 spiro atoms. The highest BCUT2D eigenvalue weighted by molar-refractivity contribution is 7.99. The lowest BCUT2D eigenvalue weighted by Crippen LogP contribution is -1.89. The van der Waals surface area contributed by atoms with Crippen LogP contribution in [0.4, 0.5) is 5.69 Å². The van der Waals surface area contributed by atoms with Gasteiger partial charge in [0.15, 0.2) is 0 Å². The molecule has 13 heavy (non-hydrogen) atoms. The van der Waals surface area contributed by atoms with Gasteiger partial charge in [0, 0.05) is 21.9 Å². The van der Waals surface area contributed by atoms with Crippen molar-refractivity contribution in [1.82, 2.24) is 0 Å². The first-order valence-electron chi connectivity index (χ1n) is 3.98. The number of rotatable bonds is 3. The van der Waals surface area contributed by atoms with E-state index in [1.54, 1.807) is 11.8 Å². The van der Waals surface area contributed by atoms with E-state index < -0.39 is 0 Å². The fourth-order valence-electron chi connectivity index (χ4n) is 0.941. The molecule has 0 amide bonds. The van der Waals surface area contributed by atoms with Crippen molar-refractivity contribution in [2.45, 2.75) is 11.8 Å². The third-order valence-electron chi connectivity index (χ3n) is 1.59. The summed E-state index contributed by atoms with van der Waals surface area (Å²) in [4.78, 5) is 1.12. The van der Waals surface area contributed by atoms with Crippen LogP contribution in [0.5, 0.6) is 0 Å². The monoisotopic (exact) mass is 213 g/mol. The maximum atomic E-state index is 5.79. The van der Waals surface area contributed by atoms with Crippen LogP contribution < -0.4 is 5.73 Å². The standard InChI is InChI=1S/C10H12ClNS/c1-8-3-4-9(12)10(7-8)13-6-2-5-11/h2-5,7H,6,12H2,1H3. The predicted octanol–water partition coefficient (Wildman–Crippen LogP) is 3.42. The van der Waals surface area contributed by atoms with E-state index in [4.69, 9.17) is 17.3 Å². The van der Waals surface area contributed by atoms with Gasteiger partial charge in [-0.2, -0.15) is 0 Å². The van der Waals surface area contributed by atoms with E-state index in [1.165, 1.54) is 11.1 Å². The molecule has 0 heterocycles. The molecule has 0 atom stereocenters. The van der Waals surface area contributed by atoms with Crippen molar-refractivity contribution in [3.8, 4) is 0 Å². The van der Waals surface area contributed by atoms with Crippen molar-refractivity contribution in [3.63, 3.8) is 0 Å². The van der Waals surface area contributed by atoms with Crippen molar-refractivity contribution in [1.29, 1.82) is 0 Å². The van der Waals surface area contributed by atoms with Crippen molar-refractivity contribution in [2.24, 2.45) is 0 Å². The Hall–Kier alpha value is -0.600. The number of anilines is 1. The van der Waals surface area contributed by atoms with Gasteiger partial charge in [0.2, 0.25) is 0 Å². The van der Waals surface area contributed by atoms with E-state index in [9.17, 15) is 0 Å². The lowest BCUT2D eigenvalue weighted by atomic mass is 10.2. The Morgan fingerprint density at radius 1 is 1.54 bits per heavy atom. The predicted molar refractivity (Wildman–Crippen MR) is 61.3 cm³/mol. The molecule has 1 aromatic rings. The second kappa shape index (κ2) is 5.20. The molecule has 0 saturated carbocycles. The summed E-state index contributed by atoms with van der Waals surface area (Å²) in [6, 6.07) is 6.03. The molecule has 2 N–H and O–H groups in total. The lowest BCUT2D eigenvalue weighted by Gasteiger charge is -2.04. The Kier molecular flexibility index (Phi) is 4.19. The Balaban J connectivity index is 2.69. The van der Waals surface area contributed by atoms with Gasteiger partial charge in [-0.3, -0.25) is 0 Å². The van der Waals surface area contributed by atoms with Gasteiger partial charge in [-0.15, -0.1) is 11.8 Å². The van der Waals surface area contributed by atoms with Crippen molar-refractivity contribution >= 4 is 29.1 Å². The summed E-state index contributed by atoms with van der Waals surface area (Å²) in [7, 11) is 0. The summed E-state index contributed by atoms with van der Waals surface area (Å²) >= 11 is 7.10. The number of halogens is 1. The molecule has 0 aromatic heterocycles. The number of nitrogens with two attached hydrogens (primary N) is 1. The summed E-state index contributed by atoms with van der Waals surface area (Å²) in [6.07, 6.45) is 1.90. The fourth-order valence-corrected chi connectivity index (χ4v) is 2.01. The number of hydrogen-bond acceptors (Lipinski definition) is 2. The van der Waals surface area contributed by atoms with Gasteiger partial charge in [0.25, 0.3) is 0 Å². The molecular formula is C10H12ClNS. The molecule has 70 valence electrons. The van der Waals surface area contributed by atoms with Gasteiger partial charge in [-0.05, 0) is 24.6 Å². The highest BCUT2D eigenvalue weighted by Gasteiger charge is 1.98. The third kappa shape index (κ3) is 3.33. The van der Waals surface area contributed by atoms with Gasteiger partial charge in [-0.1, -0.05) is 23.7 Å². The normalized spacial score (nSPS) is 10.9. The minimum Gasteiger partial charge on any atom is -0.398 e. The SMILES string of the molecule is Cc1ccc(N)c(SCC=CCl)c1. The maximum absolute atomic E-state index is 5.79. The molecule has 0 radical (unpaired) electrons. The average Bonchev–Trinajstić information content (AvgIpc) is 2.11. The molecule has 3 heteroatoms. The van der Waals surface area contributed by atoms with Crippen LogP contribution in [0.25, 0.3) is 0 Å². The Morgan fingerprint density at radius 2 is 2.31 bits per heavy atom. The maximum Gasteiger partial charge on any atom is 0.0452 e. The van der Waals surface area contributed by atoms with Crippen LogP contribution >= 0.6 is 23.4 Å². The van der Waals surface area contributed by atoms with Gasteiger partial charge in [0.1, 0.15) is 0 Å². The van der Waals surface area contributed by atoms with Gasteiger partial charge in [0.05, 0.1) is 0 Å². The van der Waals surface area contributed by atoms with Crippen molar-refractivity contribution in [2.75, 3.05) is 11.5 Å². The first kappa shape index (κ1) is 10.5. The number of benzene rings is 1. The number of hydrogen-bond donors (Lipinski definition) is 1. The quantitative estimate of drug-likeness (QED) is 0.615. The first-order chi connectivity index (χ1) is 6.24. The summed E-state index contributed by atoms with van der Waals surface area (Å²) in [5.74, 6) is 0.858. The third-order valence-corrected chi connectivity index (χ3v) is 2.80. The van der Waals surface area contributed by atoms with Gasteiger partial charge < -0.3 is 5.73 Å². The van der Waals surface area contributed by atoms with E-state index >= 15 is 0 Å². The zero-order chi connectivity index (χ0) is 9.68. The minimum atomic E-state index is 0.832. The zero-order valence-corrected chi connectivity index (χ0v) is 9.03. The molecule has 0 aliphatic heterocycles. The Labute approximate surface area is 88.0 Å². The summed E-state index contributed by atoms with van der Waals surface area (Å²) in [6.45, 7) is 2.06. The van der Waals surface area contributed by atoms with Crippen LogP contribution in [0.2, 0.25) is 0 Å². The lowest BCUT2D eigenvalue weighted by molar-refractivity contribution is 1.36. The molecular weight excluding hydrogens is 202 g/mol. The smallest absolute Gasteiger partial charge is 0.0452 e. The summed E-state index contributed by atoms with van der Waals surface area (Å²) in [5.41, 5.74) is 9.38. The molecule has 0 fully saturated rings. The molecule has 0 bridgehead atoms. The summed E-state index contributed by atoms with van der Waals surface area (Å²) < 4.78 is 0. The molecule has 0 unspecified atom stereocenters. The molecule has 0 aliphatic rings. The van der Waals surface area contributed by atoms with E-state index in [1.807, 2.05) is 18.2 Å². The van der Waals surface area contributed by atoms with Crippen LogP contribution in [-0.2, 0) is 0 Å².